The van der Waals surface area contributed by atoms with Crippen LogP contribution < -0.4 is 34.7 Å². The first-order chi connectivity index (χ1) is 11.9. The predicted octanol–water partition coefficient (Wildman–Crippen LogP) is -3.59. The van der Waals surface area contributed by atoms with Crippen molar-refractivity contribution in [2.75, 3.05) is 12.3 Å². The number of rotatable bonds is 4. The van der Waals surface area contributed by atoms with Gasteiger partial charge in [0.25, 0.3) is 5.91 Å². The summed E-state index contributed by atoms with van der Waals surface area (Å²) in [6.45, 7) is 3.76. The van der Waals surface area contributed by atoms with Gasteiger partial charge < -0.3 is 19.7 Å². The van der Waals surface area contributed by atoms with Crippen molar-refractivity contribution in [3.05, 3.63) is 16.3 Å². The van der Waals surface area contributed by atoms with E-state index in [1.54, 1.807) is 4.90 Å². The van der Waals surface area contributed by atoms with E-state index in [1.807, 2.05) is 6.92 Å². The maximum Gasteiger partial charge on any atom is 1.00 e. The minimum Gasteiger partial charge on any atom is -0.543 e. The van der Waals surface area contributed by atoms with E-state index in [4.69, 9.17) is 0 Å². The Morgan fingerprint density at radius 1 is 1.38 bits per heavy atom. The van der Waals surface area contributed by atoms with E-state index in [-0.39, 0.29) is 59.0 Å². The van der Waals surface area contributed by atoms with E-state index in [1.165, 1.54) is 34.9 Å². The van der Waals surface area contributed by atoms with Gasteiger partial charge in [0.2, 0.25) is 5.91 Å². The predicted molar refractivity (Wildman–Crippen MR) is 87.3 cm³/mol. The summed E-state index contributed by atoms with van der Waals surface area (Å²) in [5.74, 6) is -1.43. The van der Waals surface area contributed by atoms with Gasteiger partial charge in [-0.05, 0) is 18.9 Å². The summed E-state index contributed by atoms with van der Waals surface area (Å²) in [5.41, 5.74) is 0.692. The van der Waals surface area contributed by atoms with Crippen molar-refractivity contribution < 1.29 is 49.0 Å². The first-order valence-electron chi connectivity index (χ1n) is 7.87. The van der Waals surface area contributed by atoms with Gasteiger partial charge >= 0.3 is 29.6 Å². The Morgan fingerprint density at radius 2 is 2.12 bits per heavy atom. The number of carbonyl (C=O) groups excluding carboxylic acids is 3. The number of aromatic nitrogens is 2. The van der Waals surface area contributed by atoms with Gasteiger partial charge in [-0.15, -0.1) is 10.2 Å². The second-order valence-corrected chi connectivity index (χ2v) is 8.69. The van der Waals surface area contributed by atoms with Gasteiger partial charge in [-0.2, -0.15) is 0 Å². The maximum atomic E-state index is 12.5. The van der Waals surface area contributed by atoms with Crippen molar-refractivity contribution in [1.82, 2.24) is 20.0 Å². The van der Waals surface area contributed by atoms with Gasteiger partial charge in [0.1, 0.15) is 11.0 Å². The Bertz CT molecular complexity index is 826. The molecule has 1 unspecified atom stereocenters. The van der Waals surface area contributed by atoms with Gasteiger partial charge in [0, 0.05) is 25.1 Å². The molecule has 2 fully saturated rings. The molecular formula is C15H15N4NaO4S2. The molecule has 3 atom stereocenters. The van der Waals surface area contributed by atoms with E-state index >= 15 is 0 Å². The van der Waals surface area contributed by atoms with Crippen molar-refractivity contribution in [1.29, 1.82) is 0 Å². The van der Waals surface area contributed by atoms with Crippen LogP contribution in [-0.4, -0.2) is 62.2 Å². The molecule has 0 aliphatic carbocycles. The number of carbonyl (C=O) groups is 3. The number of aryl methyl sites for hydroxylation is 1. The van der Waals surface area contributed by atoms with Gasteiger partial charge in [0.05, 0.1) is 17.7 Å². The number of carboxylic acid groups (broad SMARTS) is 1. The van der Waals surface area contributed by atoms with Gasteiger partial charge in [-0.3, -0.25) is 9.59 Å². The molecule has 0 aromatic carbocycles. The second kappa shape index (κ2) is 7.23. The molecule has 1 aromatic rings. The van der Waals surface area contributed by atoms with Gasteiger partial charge in [0.15, 0.2) is 4.34 Å². The van der Waals surface area contributed by atoms with Crippen LogP contribution in [0.1, 0.15) is 18.4 Å². The van der Waals surface area contributed by atoms with Crippen molar-refractivity contribution in [3.63, 3.8) is 0 Å². The average Bonchev–Trinajstić information content (AvgIpc) is 3.11. The molecule has 0 bridgehead atoms. The largest absolute Gasteiger partial charge is 1.00 e. The minimum atomic E-state index is -1.33. The van der Waals surface area contributed by atoms with Crippen LogP contribution in [0.4, 0.5) is 0 Å². The molecule has 3 aliphatic rings. The molecule has 0 N–H and O–H groups in total. The van der Waals surface area contributed by atoms with Crippen molar-refractivity contribution in [2.45, 2.75) is 36.7 Å². The zero-order valence-corrected chi connectivity index (χ0v) is 18.2. The van der Waals surface area contributed by atoms with Crippen LogP contribution in [0.5, 0.6) is 0 Å². The van der Waals surface area contributed by atoms with Crippen LogP contribution in [0.3, 0.4) is 0 Å². The Morgan fingerprint density at radius 3 is 2.69 bits per heavy atom. The molecule has 3 aliphatic heterocycles. The van der Waals surface area contributed by atoms with Crippen LogP contribution >= 0.6 is 23.1 Å². The minimum absolute atomic E-state index is 0. The van der Waals surface area contributed by atoms with Crippen LogP contribution in [0, 0.1) is 12.8 Å². The molecule has 11 heteroatoms. The fourth-order valence-corrected chi connectivity index (χ4v) is 5.92. The quantitative estimate of drug-likeness (QED) is 0.291. The van der Waals surface area contributed by atoms with Crippen LogP contribution in [-0.2, 0) is 14.4 Å². The Kier molecular flexibility index (Phi) is 5.51. The van der Waals surface area contributed by atoms with E-state index in [0.29, 0.717) is 24.3 Å². The number of hydrogen-bond acceptors (Lipinski definition) is 8. The van der Waals surface area contributed by atoms with Crippen LogP contribution in [0.25, 0.3) is 0 Å². The normalized spacial score (nSPS) is 26.4. The molecule has 1 aromatic heterocycles. The third kappa shape index (κ3) is 2.91. The number of nitrogens with zero attached hydrogens (tertiary/aromatic N) is 4. The molecule has 4 rings (SSSR count). The molecule has 0 radical (unpaired) electrons. The van der Waals surface area contributed by atoms with Gasteiger partial charge in [-0.25, -0.2) is 0 Å². The first-order valence-corrected chi connectivity index (χ1v) is 9.68. The fourth-order valence-electron chi connectivity index (χ4n) is 4.00. The number of amides is 2. The Hall–Kier alpha value is -0.940. The third-order valence-electron chi connectivity index (χ3n) is 4.99. The zero-order valence-electron chi connectivity index (χ0n) is 14.6. The standard InChI is InChI=1S/C15H16N4O4S2.Na/c1-6-16-17-15(25-6)24-5-9-8-3-4-18(7(2)20)12-10(8)19(13(12)21)11(9)14(22)23;/h8,10,12H,3-5H2,1-2H3,(H,22,23);/q;+1/p-1/t8?,10-,12+;/m1./s1. The zero-order chi connectivity index (χ0) is 17.9. The number of aliphatic carboxylic acids is 1. The second-order valence-electron chi connectivity index (χ2n) is 6.29. The molecular weight excluding hydrogens is 387 g/mol. The SMILES string of the molecule is CC(=O)N1CCC2C(CSc3nnc(C)s3)=C(C(=O)[O-])N3C(=O)[C@@H]1[C@@H]23.[Na+]. The van der Waals surface area contributed by atoms with E-state index in [0.717, 1.165) is 9.35 Å². The molecule has 2 saturated heterocycles. The van der Waals surface area contributed by atoms with E-state index < -0.39 is 12.0 Å². The Labute approximate surface area is 180 Å². The number of hydrogen-bond donors (Lipinski definition) is 0. The summed E-state index contributed by atoms with van der Waals surface area (Å²) in [5, 5.41) is 20.5. The van der Waals surface area contributed by atoms with Crippen LogP contribution in [0.15, 0.2) is 15.6 Å². The van der Waals surface area contributed by atoms with Crippen molar-refractivity contribution >= 4 is 40.9 Å². The topological polar surface area (TPSA) is 107 Å². The number of likely N-dealkylation sites (tertiary alicyclic amines) is 1. The summed E-state index contributed by atoms with van der Waals surface area (Å²) in [6, 6.07) is -0.818. The monoisotopic (exact) mass is 402 g/mol. The maximum absolute atomic E-state index is 12.5. The summed E-state index contributed by atoms with van der Waals surface area (Å²) in [4.78, 5) is 38.8. The molecule has 8 nitrogen and oxygen atoms in total. The average molecular weight is 402 g/mol. The first kappa shape index (κ1) is 19.8. The molecule has 26 heavy (non-hydrogen) atoms. The number of piperidine rings is 1. The molecule has 2 amide bonds. The Balaban J connectivity index is 0.00000196. The fraction of sp³-hybridized carbons (Fsp3) is 0.533. The number of β-lactam (4-membered cyclic amide) rings is 1. The van der Waals surface area contributed by atoms with Gasteiger partial charge in [-0.1, -0.05) is 23.1 Å². The molecule has 132 valence electrons. The summed E-state index contributed by atoms with van der Waals surface area (Å²) >= 11 is 2.87. The summed E-state index contributed by atoms with van der Waals surface area (Å²) in [6.07, 6.45) is 0.645. The molecule has 0 spiro atoms. The third-order valence-corrected chi connectivity index (χ3v) is 7.01. The molecule has 4 heterocycles. The van der Waals surface area contributed by atoms with Crippen molar-refractivity contribution in [3.8, 4) is 0 Å². The molecule has 0 saturated carbocycles. The van der Waals surface area contributed by atoms with E-state index in [2.05, 4.69) is 10.2 Å². The summed E-state index contributed by atoms with van der Waals surface area (Å²) < 4.78 is 0.765. The number of thioether (sulfide) groups is 1. The van der Waals surface area contributed by atoms with Crippen LogP contribution in [0.2, 0.25) is 0 Å². The smallest absolute Gasteiger partial charge is 0.543 e. The number of carboxylic acids is 1. The van der Waals surface area contributed by atoms with E-state index in [9.17, 15) is 19.5 Å². The summed E-state index contributed by atoms with van der Waals surface area (Å²) in [7, 11) is 0. The van der Waals surface area contributed by atoms with Crippen molar-refractivity contribution in [2.24, 2.45) is 5.92 Å².